The highest BCUT2D eigenvalue weighted by molar-refractivity contribution is 8.00. The second-order valence-electron chi connectivity index (χ2n) is 14.5. The summed E-state index contributed by atoms with van der Waals surface area (Å²) in [6.45, 7) is 5.27. The van der Waals surface area contributed by atoms with Crippen molar-refractivity contribution in [3.63, 3.8) is 0 Å². The van der Waals surface area contributed by atoms with Gasteiger partial charge in [0.1, 0.15) is 5.75 Å². The Labute approximate surface area is 268 Å². The number of hydrogen-bond donors (Lipinski definition) is 1. The van der Waals surface area contributed by atoms with E-state index in [1.165, 1.54) is 134 Å². The zero-order valence-electron chi connectivity index (χ0n) is 27.5. The average molecular weight is 611 g/mol. The van der Waals surface area contributed by atoms with E-state index >= 15 is 0 Å². The fourth-order valence-electron chi connectivity index (χ4n) is 8.87. The van der Waals surface area contributed by atoms with Gasteiger partial charge in [0.15, 0.2) is 6.61 Å². The van der Waals surface area contributed by atoms with Gasteiger partial charge in [0.05, 0.1) is 0 Å². The number of piperidine rings is 1. The summed E-state index contributed by atoms with van der Waals surface area (Å²) < 4.78 is 6.20. The number of rotatable bonds is 8. The summed E-state index contributed by atoms with van der Waals surface area (Å²) in [5, 5.41) is 5.11. The fraction of sp³-hybridized carbons (Fsp3) is 0.816. The van der Waals surface area contributed by atoms with Gasteiger partial charge in [0, 0.05) is 29.6 Å². The van der Waals surface area contributed by atoms with Crippen molar-refractivity contribution in [3.05, 3.63) is 29.8 Å². The third kappa shape index (κ3) is 9.65. The van der Waals surface area contributed by atoms with Crippen LogP contribution in [0.1, 0.15) is 141 Å². The molecule has 2 aliphatic carbocycles. The SMILES string of the molecule is CCc1ccc(OCC(=O)N(CC2CCC(C3CCCCCCCC3)S2)C2CNCCC23CCCCCCCCC3)cc1. The zero-order chi connectivity index (χ0) is 29.7. The molecule has 0 radical (unpaired) electrons. The van der Waals surface area contributed by atoms with Crippen LogP contribution in [0.25, 0.3) is 0 Å². The second kappa shape index (κ2) is 17.5. The number of ether oxygens (including phenoxy) is 1. The molecule has 4 fully saturated rings. The molecule has 0 bridgehead atoms. The monoisotopic (exact) mass is 610 g/mol. The van der Waals surface area contributed by atoms with Crippen LogP contribution in [0, 0.1) is 11.3 Å². The first-order valence-corrected chi connectivity index (χ1v) is 19.5. The summed E-state index contributed by atoms with van der Waals surface area (Å²) in [4.78, 5) is 16.7. The lowest BCUT2D eigenvalue weighted by Crippen LogP contribution is -2.60. The molecule has 1 spiro atoms. The Bertz CT molecular complexity index is 932. The second-order valence-corrected chi connectivity index (χ2v) is 16.0. The number of nitrogens with zero attached hydrogens (tertiary/aromatic N) is 1. The van der Waals surface area contributed by atoms with Crippen LogP contribution in [-0.2, 0) is 11.2 Å². The van der Waals surface area contributed by atoms with E-state index in [9.17, 15) is 4.79 Å². The summed E-state index contributed by atoms with van der Waals surface area (Å²) in [5.74, 6) is 1.90. The third-order valence-corrected chi connectivity index (χ3v) is 13.3. The first-order chi connectivity index (χ1) is 21.2. The molecule has 4 nitrogen and oxygen atoms in total. The van der Waals surface area contributed by atoms with Crippen molar-refractivity contribution in [1.29, 1.82) is 0 Å². The lowest BCUT2D eigenvalue weighted by molar-refractivity contribution is -0.140. The lowest BCUT2D eigenvalue weighted by atomic mass is 9.67. The molecule has 3 atom stereocenters. The molecule has 2 heterocycles. The predicted molar refractivity (Wildman–Crippen MR) is 183 cm³/mol. The summed E-state index contributed by atoms with van der Waals surface area (Å²) in [6.07, 6.45) is 28.3. The third-order valence-electron chi connectivity index (χ3n) is 11.6. The minimum absolute atomic E-state index is 0.154. The summed E-state index contributed by atoms with van der Waals surface area (Å²) in [7, 11) is 0. The topological polar surface area (TPSA) is 41.6 Å². The van der Waals surface area contributed by atoms with Crippen LogP contribution in [0.5, 0.6) is 5.75 Å². The summed E-state index contributed by atoms with van der Waals surface area (Å²) >= 11 is 2.26. The normalized spacial score (nSPS) is 28.0. The van der Waals surface area contributed by atoms with Gasteiger partial charge in [-0.15, -0.1) is 0 Å². The molecule has 43 heavy (non-hydrogen) atoms. The van der Waals surface area contributed by atoms with Crippen LogP contribution in [0.2, 0.25) is 0 Å². The number of carbonyl (C=O) groups excluding carboxylic acids is 1. The molecule has 1 aromatic carbocycles. The van der Waals surface area contributed by atoms with Crippen molar-refractivity contribution < 1.29 is 9.53 Å². The predicted octanol–water partition coefficient (Wildman–Crippen LogP) is 9.34. The fourth-order valence-corrected chi connectivity index (χ4v) is 10.6. The molecule has 4 aliphatic rings. The van der Waals surface area contributed by atoms with Gasteiger partial charge in [-0.1, -0.05) is 103 Å². The van der Waals surface area contributed by atoms with E-state index in [1.807, 2.05) is 12.1 Å². The van der Waals surface area contributed by atoms with Crippen molar-refractivity contribution in [2.75, 3.05) is 26.2 Å². The molecule has 3 unspecified atom stereocenters. The maximum Gasteiger partial charge on any atom is 0.260 e. The van der Waals surface area contributed by atoms with Gasteiger partial charge in [-0.25, -0.2) is 0 Å². The van der Waals surface area contributed by atoms with E-state index in [0.717, 1.165) is 43.0 Å². The van der Waals surface area contributed by atoms with Gasteiger partial charge in [0.2, 0.25) is 0 Å². The van der Waals surface area contributed by atoms with Crippen molar-refractivity contribution in [3.8, 4) is 5.75 Å². The molecule has 1 aromatic rings. The Morgan fingerprint density at radius 2 is 1.47 bits per heavy atom. The zero-order valence-corrected chi connectivity index (χ0v) is 28.3. The van der Waals surface area contributed by atoms with E-state index in [1.54, 1.807) is 0 Å². The maximum atomic E-state index is 14.3. The molecule has 1 N–H and O–H groups in total. The minimum atomic E-state index is 0.154. The van der Waals surface area contributed by atoms with Crippen molar-refractivity contribution >= 4 is 17.7 Å². The molecule has 2 aliphatic heterocycles. The van der Waals surface area contributed by atoms with Crippen molar-refractivity contribution in [1.82, 2.24) is 10.2 Å². The number of benzene rings is 1. The number of carbonyl (C=O) groups is 1. The number of aryl methyl sites for hydroxylation is 1. The molecule has 5 rings (SSSR count). The van der Waals surface area contributed by atoms with E-state index < -0.39 is 0 Å². The van der Waals surface area contributed by atoms with Crippen LogP contribution < -0.4 is 10.1 Å². The van der Waals surface area contributed by atoms with Crippen molar-refractivity contribution in [2.24, 2.45) is 11.3 Å². The molecule has 0 aromatic heterocycles. The number of hydrogen-bond acceptors (Lipinski definition) is 4. The van der Waals surface area contributed by atoms with Gasteiger partial charge in [-0.05, 0) is 86.9 Å². The highest BCUT2D eigenvalue weighted by Crippen LogP contribution is 2.46. The Balaban J connectivity index is 1.31. The molecule has 1 amide bonds. The summed E-state index contributed by atoms with van der Waals surface area (Å²) in [5.41, 5.74) is 1.56. The maximum absolute atomic E-state index is 14.3. The van der Waals surface area contributed by atoms with Crippen molar-refractivity contribution in [2.45, 2.75) is 158 Å². The van der Waals surface area contributed by atoms with Crippen LogP contribution >= 0.6 is 11.8 Å². The molecular weight excluding hydrogens is 548 g/mol. The molecule has 242 valence electrons. The highest BCUT2D eigenvalue weighted by atomic mass is 32.2. The van der Waals surface area contributed by atoms with E-state index in [2.05, 4.69) is 41.0 Å². The average Bonchev–Trinajstić information content (AvgIpc) is 3.55. The number of thioether (sulfide) groups is 1. The largest absolute Gasteiger partial charge is 0.484 e. The van der Waals surface area contributed by atoms with Gasteiger partial charge < -0.3 is 15.0 Å². The van der Waals surface area contributed by atoms with Gasteiger partial charge in [-0.3, -0.25) is 4.79 Å². The Morgan fingerprint density at radius 1 is 0.837 bits per heavy atom. The molecule has 2 saturated heterocycles. The quantitative estimate of drug-likeness (QED) is 0.318. The Hall–Kier alpha value is -1.20. The first kappa shape index (κ1) is 33.2. The van der Waals surface area contributed by atoms with Crippen LogP contribution in [-0.4, -0.2) is 53.6 Å². The van der Waals surface area contributed by atoms with Crippen LogP contribution in [0.15, 0.2) is 24.3 Å². The van der Waals surface area contributed by atoms with Crippen LogP contribution in [0.3, 0.4) is 0 Å². The van der Waals surface area contributed by atoms with E-state index in [4.69, 9.17) is 4.74 Å². The molecule has 5 heteroatoms. The lowest BCUT2D eigenvalue weighted by Gasteiger charge is -2.50. The Kier molecular flexibility index (Phi) is 13.5. The van der Waals surface area contributed by atoms with E-state index in [-0.39, 0.29) is 24.0 Å². The van der Waals surface area contributed by atoms with Gasteiger partial charge >= 0.3 is 0 Å². The first-order valence-electron chi connectivity index (χ1n) is 18.5. The van der Waals surface area contributed by atoms with Gasteiger partial charge in [0.25, 0.3) is 5.91 Å². The highest BCUT2D eigenvalue weighted by Gasteiger charge is 2.45. The molecular formula is C38H62N2O2S. The molecule has 2 saturated carbocycles. The van der Waals surface area contributed by atoms with Gasteiger partial charge in [-0.2, -0.15) is 11.8 Å². The number of amides is 1. The summed E-state index contributed by atoms with van der Waals surface area (Å²) in [6, 6.07) is 8.62. The standard InChI is InChI=1S/C38H62N2O2S/c1-2-31-18-20-33(21-19-31)42-30-37(41)40(29-34-22-23-35(43-34)32-16-12-8-4-5-9-13-17-32)36-28-39-27-26-38(36)24-14-10-6-3-7-11-15-25-38/h18-21,32,34-36,39H,2-17,22-30H2,1H3. The minimum Gasteiger partial charge on any atom is -0.484 e. The van der Waals surface area contributed by atoms with E-state index in [0.29, 0.717) is 5.25 Å². The van der Waals surface area contributed by atoms with Crippen LogP contribution in [0.4, 0.5) is 0 Å². The Morgan fingerprint density at radius 3 is 2.12 bits per heavy atom. The smallest absolute Gasteiger partial charge is 0.260 e. The number of nitrogens with one attached hydrogen (secondary N) is 1.